The molecule has 4 aromatic rings. The molecular weight excluding hydrogens is 495 g/mol. The maximum absolute atomic E-state index is 14.1. The van der Waals surface area contributed by atoms with Gasteiger partial charge in [-0.05, 0) is 87.0 Å². The molecule has 0 saturated carbocycles. The number of nitrogens with one attached hydrogen (secondary N) is 1. The first-order valence-corrected chi connectivity index (χ1v) is 13.0. The summed E-state index contributed by atoms with van der Waals surface area (Å²) in [5, 5.41) is 2.90. The zero-order chi connectivity index (χ0) is 27.5. The minimum absolute atomic E-state index is 0.146. The summed E-state index contributed by atoms with van der Waals surface area (Å²) in [6.45, 7) is 6.06. The lowest BCUT2D eigenvalue weighted by molar-refractivity contribution is -0.119. The van der Waals surface area contributed by atoms with Gasteiger partial charge in [0.25, 0.3) is 0 Å². The summed E-state index contributed by atoms with van der Waals surface area (Å²) in [5.74, 6) is 0.117. The molecule has 0 radical (unpaired) electrons. The second-order valence-corrected chi connectivity index (χ2v) is 9.62. The highest BCUT2D eigenvalue weighted by atomic mass is 19.1. The lowest BCUT2D eigenvalue weighted by atomic mass is 9.97. The molecule has 39 heavy (non-hydrogen) atoms. The molecule has 1 atom stereocenters. The molecule has 3 amide bonds. The summed E-state index contributed by atoms with van der Waals surface area (Å²) < 4.78 is 21.4. The molecule has 1 aliphatic rings. The molecule has 1 aliphatic heterocycles. The minimum atomic E-state index is -0.494. The lowest BCUT2D eigenvalue weighted by Gasteiger charge is -2.40. The molecule has 0 saturated heterocycles. The van der Waals surface area contributed by atoms with Crippen LogP contribution in [0.15, 0.2) is 91.1 Å². The molecule has 3 aromatic carbocycles. The number of amides is 3. The van der Waals surface area contributed by atoms with Gasteiger partial charge < -0.3 is 19.5 Å². The number of rotatable bonds is 7. The van der Waals surface area contributed by atoms with E-state index in [4.69, 9.17) is 4.74 Å². The molecule has 1 N–H and O–H groups in total. The number of nitrogens with zero attached hydrogens (tertiary/aromatic N) is 3. The van der Waals surface area contributed by atoms with Gasteiger partial charge in [-0.1, -0.05) is 24.3 Å². The lowest BCUT2D eigenvalue weighted by Crippen LogP contribution is -2.49. The first-order chi connectivity index (χ1) is 18.9. The Bertz CT molecular complexity index is 1460. The topological polar surface area (TPSA) is 66.8 Å². The van der Waals surface area contributed by atoms with Crippen molar-refractivity contribution in [2.24, 2.45) is 0 Å². The van der Waals surface area contributed by atoms with Crippen LogP contribution in [0, 0.1) is 5.82 Å². The third kappa shape index (κ3) is 5.23. The van der Waals surface area contributed by atoms with Crippen LogP contribution in [-0.4, -0.2) is 40.6 Å². The molecule has 1 unspecified atom stereocenters. The van der Waals surface area contributed by atoms with Gasteiger partial charge in [0.15, 0.2) is 0 Å². The second-order valence-electron chi connectivity index (χ2n) is 9.62. The highest BCUT2D eigenvalue weighted by Crippen LogP contribution is 2.42. The van der Waals surface area contributed by atoms with Crippen LogP contribution in [0.5, 0.6) is 5.75 Å². The maximum Gasteiger partial charge on any atom is 0.322 e. The summed E-state index contributed by atoms with van der Waals surface area (Å²) in [5.41, 5.74) is 3.83. The van der Waals surface area contributed by atoms with Gasteiger partial charge >= 0.3 is 6.03 Å². The average molecular weight is 527 g/mol. The summed E-state index contributed by atoms with van der Waals surface area (Å²) >= 11 is 0. The van der Waals surface area contributed by atoms with Crippen molar-refractivity contribution < 1.29 is 18.7 Å². The van der Waals surface area contributed by atoms with E-state index in [-0.39, 0.29) is 30.3 Å². The summed E-state index contributed by atoms with van der Waals surface area (Å²) in [6.07, 6.45) is 1.96. The number of carbonyl (C=O) groups is 2. The SMILES string of the molecule is CCOc1ccc(NC(=O)N(CC(=O)N2c3ccccc3-n3cccc3C2c2ccc(F)cc2)C(C)C)cc1. The Kier molecular flexibility index (Phi) is 7.36. The quantitative estimate of drug-likeness (QED) is 0.303. The standard InChI is InChI=1S/C31H31FN4O3/c1-4-39-25-17-15-24(16-18-25)33-31(38)35(21(2)3)20-29(37)36-27-9-6-5-8-26(27)34-19-7-10-28(34)30(36)22-11-13-23(32)14-12-22/h5-19,21,30H,4,20H2,1-3H3,(H,33,38). The number of halogens is 1. The molecule has 8 heteroatoms. The van der Waals surface area contributed by atoms with Gasteiger partial charge in [-0.25, -0.2) is 9.18 Å². The number of hydrogen-bond donors (Lipinski definition) is 1. The van der Waals surface area contributed by atoms with Gasteiger partial charge in [-0.15, -0.1) is 0 Å². The van der Waals surface area contributed by atoms with Crippen molar-refractivity contribution in [3.05, 3.63) is 108 Å². The van der Waals surface area contributed by atoms with E-state index in [1.54, 1.807) is 41.3 Å². The van der Waals surface area contributed by atoms with Crippen molar-refractivity contribution >= 4 is 23.3 Å². The number of benzene rings is 3. The van der Waals surface area contributed by atoms with E-state index in [9.17, 15) is 14.0 Å². The predicted molar refractivity (Wildman–Crippen MR) is 150 cm³/mol. The van der Waals surface area contributed by atoms with E-state index < -0.39 is 6.04 Å². The van der Waals surface area contributed by atoms with Gasteiger partial charge in [0.05, 0.1) is 23.7 Å². The fourth-order valence-electron chi connectivity index (χ4n) is 4.93. The maximum atomic E-state index is 14.1. The fourth-order valence-corrected chi connectivity index (χ4v) is 4.93. The Hall–Kier alpha value is -4.59. The van der Waals surface area contributed by atoms with E-state index in [1.807, 2.05) is 67.9 Å². The Morgan fingerprint density at radius 2 is 1.64 bits per heavy atom. The van der Waals surface area contributed by atoms with Crippen LogP contribution in [0.2, 0.25) is 0 Å². The van der Waals surface area contributed by atoms with Crippen LogP contribution in [0.3, 0.4) is 0 Å². The monoisotopic (exact) mass is 526 g/mol. The normalized spacial score (nSPS) is 14.0. The number of carbonyl (C=O) groups excluding carboxylic acids is 2. The van der Waals surface area contributed by atoms with Crippen LogP contribution in [0.4, 0.5) is 20.6 Å². The van der Waals surface area contributed by atoms with E-state index in [0.29, 0.717) is 18.0 Å². The Balaban J connectivity index is 1.46. The zero-order valence-corrected chi connectivity index (χ0v) is 22.2. The first-order valence-electron chi connectivity index (χ1n) is 13.0. The zero-order valence-electron chi connectivity index (χ0n) is 22.2. The van der Waals surface area contributed by atoms with E-state index in [0.717, 1.165) is 22.6 Å². The van der Waals surface area contributed by atoms with Gasteiger partial charge in [0.1, 0.15) is 24.2 Å². The molecule has 200 valence electrons. The van der Waals surface area contributed by atoms with Crippen LogP contribution in [0.1, 0.15) is 38.1 Å². The molecule has 2 heterocycles. The van der Waals surface area contributed by atoms with Crippen LogP contribution in [-0.2, 0) is 4.79 Å². The Morgan fingerprint density at radius 3 is 2.31 bits per heavy atom. The second kappa shape index (κ2) is 11.0. The van der Waals surface area contributed by atoms with Crippen LogP contribution in [0.25, 0.3) is 5.69 Å². The highest BCUT2D eigenvalue weighted by Gasteiger charge is 2.37. The third-order valence-corrected chi connectivity index (χ3v) is 6.78. The van der Waals surface area contributed by atoms with E-state index in [1.165, 1.54) is 17.0 Å². The molecule has 1 aromatic heterocycles. The van der Waals surface area contributed by atoms with Crippen molar-refractivity contribution in [3.8, 4) is 11.4 Å². The van der Waals surface area contributed by atoms with Gasteiger partial charge in [0.2, 0.25) is 5.91 Å². The minimum Gasteiger partial charge on any atom is -0.494 e. The van der Waals surface area contributed by atoms with Crippen molar-refractivity contribution in [3.63, 3.8) is 0 Å². The molecule has 7 nitrogen and oxygen atoms in total. The smallest absolute Gasteiger partial charge is 0.322 e. The number of anilines is 2. The fraction of sp³-hybridized carbons (Fsp3) is 0.226. The van der Waals surface area contributed by atoms with Crippen LogP contribution >= 0.6 is 0 Å². The van der Waals surface area contributed by atoms with Gasteiger partial charge in [-0.3, -0.25) is 9.69 Å². The van der Waals surface area contributed by atoms with Gasteiger partial charge in [-0.2, -0.15) is 0 Å². The van der Waals surface area contributed by atoms with Crippen molar-refractivity contribution in [1.82, 2.24) is 9.47 Å². The number of fused-ring (bicyclic) bond motifs is 3. The van der Waals surface area contributed by atoms with Crippen molar-refractivity contribution in [1.29, 1.82) is 0 Å². The molecular formula is C31H31FN4O3. The Labute approximate surface area is 227 Å². The number of para-hydroxylation sites is 2. The average Bonchev–Trinajstić information content (AvgIpc) is 3.42. The van der Waals surface area contributed by atoms with Crippen molar-refractivity contribution in [2.75, 3.05) is 23.4 Å². The van der Waals surface area contributed by atoms with Crippen molar-refractivity contribution in [2.45, 2.75) is 32.9 Å². The number of aromatic nitrogens is 1. The summed E-state index contributed by atoms with van der Waals surface area (Å²) in [4.78, 5) is 30.7. The number of ether oxygens (including phenoxy) is 1. The molecule has 0 bridgehead atoms. The van der Waals surface area contributed by atoms with Gasteiger partial charge in [0, 0.05) is 17.9 Å². The molecule has 5 rings (SSSR count). The van der Waals surface area contributed by atoms with E-state index >= 15 is 0 Å². The van der Waals surface area contributed by atoms with Crippen LogP contribution < -0.4 is 15.0 Å². The van der Waals surface area contributed by atoms with E-state index in [2.05, 4.69) is 5.32 Å². The molecule has 0 aliphatic carbocycles. The number of hydrogen-bond acceptors (Lipinski definition) is 3. The highest BCUT2D eigenvalue weighted by molar-refractivity contribution is 6.01. The molecule has 0 fully saturated rings. The molecule has 0 spiro atoms. The largest absolute Gasteiger partial charge is 0.494 e. The summed E-state index contributed by atoms with van der Waals surface area (Å²) in [6, 6.07) is 23.7. The predicted octanol–water partition coefficient (Wildman–Crippen LogP) is 6.39. The first kappa shape index (κ1) is 26.0. The summed E-state index contributed by atoms with van der Waals surface area (Å²) in [7, 11) is 0. The number of urea groups is 1. The third-order valence-electron chi connectivity index (χ3n) is 6.78. The Morgan fingerprint density at radius 1 is 0.949 bits per heavy atom.